The van der Waals surface area contributed by atoms with E-state index >= 15 is 0 Å². The molecule has 0 bridgehead atoms. The lowest BCUT2D eigenvalue weighted by molar-refractivity contribution is -0.123. The van der Waals surface area contributed by atoms with Gasteiger partial charge in [0, 0.05) is 0 Å². The first-order valence-electron chi connectivity index (χ1n) is 9.23. The lowest BCUT2D eigenvalue weighted by Crippen LogP contribution is -2.24. The van der Waals surface area contributed by atoms with E-state index in [0.29, 0.717) is 21.7 Å². The van der Waals surface area contributed by atoms with Gasteiger partial charge in [-0.15, -0.1) is 0 Å². The first-order chi connectivity index (χ1) is 15.0. The van der Waals surface area contributed by atoms with E-state index in [4.69, 9.17) is 14.2 Å². The van der Waals surface area contributed by atoms with Crippen LogP contribution in [0.3, 0.4) is 0 Å². The summed E-state index contributed by atoms with van der Waals surface area (Å²) in [4.78, 5) is 12.1. The zero-order chi connectivity index (χ0) is 22.2. The number of carbonyl (C=O) groups is 1. The minimum Gasteiger partial charge on any atom is -0.493 e. The van der Waals surface area contributed by atoms with Crippen LogP contribution in [0.1, 0.15) is 5.56 Å². The normalized spacial score (nSPS) is 10.7. The third kappa shape index (κ3) is 6.08. The van der Waals surface area contributed by atoms with Crippen LogP contribution in [-0.4, -0.2) is 32.9 Å². The van der Waals surface area contributed by atoms with Crippen molar-refractivity contribution in [2.75, 3.05) is 20.8 Å². The van der Waals surface area contributed by atoms with Crippen molar-refractivity contribution in [3.05, 3.63) is 75.2 Å². The molecule has 1 amide bonds. The van der Waals surface area contributed by atoms with Crippen molar-refractivity contribution in [2.45, 2.75) is 0 Å². The molecule has 6 nitrogen and oxygen atoms in total. The topological polar surface area (TPSA) is 69.2 Å². The van der Waals surface area contributed by atoms with Crippen LogP contribution in [0.4, 0.5) is 0 Å². The molecular formula is C23H20Br2N2O4. The van der Waals surface area contributed by atoms with Crippen LogP contribution in [0.2, 0.25) is 0 Å². The lowest BCUT2D eigenvalue weighted by Gasteiger charge is -2.10. The molecule has 0 fully saturated rings. The zero-order valence-corrected chi connectivity index (χ0v) is 20.1. The minimum atomic E-state index is -0.380. The molecule has 0 unspecified atom stereocenters. The molecule has 0 spiro atoms. The quantitative estimate of drug-likeness (QED) is 0.302. The highest BCUT2D eigenvalue weighted by molar-refractivity contribution is 9.11. The Morgan fingerprint density at radius 1 is 0.935 bits per heavy atom. The molecule has 0 radical (unpaired) electrons. The van der Waals surface area contributed by atoms with Crippen LogP contribution < -0.4 is 19.6 Å². The van der Waals surface area contributed by atoms with E-state index in [0.717, 1.165) is 21.2 Å². The summed E-state index contributed by atoms with van der Waals surface area (Å²) in [6.45, 7) is -0.170. The fourth-order valence-electron chi connectivity index (χ4n) is 2.79. The summed E-state index contributed by atoms with van der Waals surface area (Å²) in [6.07, 6.45) is 1.51. The van der Waals surface area contributed by atoms with Crippen LogP contribution in [0.15, 0.2) is 74.7 Å². The summed E-state index contributed by atoms with van der Waals surface area (Å²) >= 11 is 6.92. The Morgan fingerprint density at radius 2 is 1.71 bits per heavy atom. The third-order valence-electron chi connectivity index (χ3n) is 4.26. The number of nitrogens with zero attached hydrogens (tertiary/aromatic N) is 1. The smallest absolute Gasteiger partial charge is 0.277 e. The number of benzene rings is 3. The number of hydrazone groups is 1. The molecule has 160 valence electrons. The van der Waals surface area contributed by atoms with Gasteiger partial charge in [-0.2, -0.15) is 5.10 Å². The number of hydrogen-bond acceptors (Lipinski definition) is 5. The van der Waals surface area contributed by atoms with E-state index in [-0.39, 0.29) is 12.5 Å². The average Bonchev–Trinajstić information content (AvgIpc) is 2.78. The highest BCUT2D eigenvalue weighted by atomic mass is 79.9. The van der Waals surface area contributed by atoms with Gasteiger partial charge in [0.1, 0.15) is 5.75 Å². The van der Waals surface area contributed by atoms with Gasteiger partial charge < -0.3 is 14.2 Å². The highest BCUT2D eigenvalue weighted by Crippen LogP contribution is 2.35. The van der Waals surface area contributed by atoms with Crippen molar-refractivity contribution in [3.8, 4) is 28.4 Å². The van der Waals surface area contributed by atoms with E-state index < -0.39 is 0 Å². The van der Waals surface area contributed by atoms with Crippen LogP contribution in [0, 0.1) is 0 Å². The van der Waals surface area contributed by atoms with E-state index in [2.05, 4.69) is 42.4 Å². The maximum atomic E-state index is 12.1. The number of ether oxygens (including phenoxy) is 3. The number of halogens is 2. The molecule has 3 aromatic carbocycles. The van der Waals surface area contributed by atoms with Crippen LogP contribution in [0.5, 0.6) is 17.2 Å². The van der Waals surface area contributed by atoms with Crippen molar-refractivity contribution >= 4 is 44.0 Å². The summed E-state index contributed by atoms with van der Waals surface area (Å²) in [6, 6.07) is 19.3. The first-order valence-corrected chi connectivity index (χ1v) is 10.8. The maximum Gasteiger partial charge on any atom is 0.277 e. The molecule has 0 saturated carbocycles. The van der Waals surface area contributed by atoms with Crippen molar-refractivity contribution in [1.82, 2.24) is 5.43 Å². The van der Waals surface area contributed by atoms with Gasteiger partial charge in [-0.1, -0.05) is 36.4 Å². The fourth-order valence-corrected chi connectivity index (χ4v) is 3.91. The van der Waals surface area contributed by atoms with E-state index in [1.807, 2.05) is 48.5 Å². The Morgan fingerprint density at radius 3 is 2.39 bits per heavy atom. The number of hydrogen-bond donors (Lipinski definition) is 1. The minimum absolute atomic E-state index is 0.170. The Bertz CT molecular complexity index is 1090. The molecule has 31 heavy (non-hydrogen) atoms. The van der Waals surface area contributed by atoms with Crippen molar-refractivity contribution in [2.24, 2.45) is 5.10 Å². The predicted molar refractivity (Wildman–Crippen MR) is 128 cm³/mol. The number of amides is 1. The molecule has 0 saturated heterocycles. The summed E-state index contributed by atoms with van der Waals surface area (Å²) < 4.78 is 17.6. The first kappa shape index (κ1) is 22.8. The Hall–Kier alpha value is -2.84. The van der Waals surface area contributed by atoms with Crippen molar-refractivity contribution < 1.29 is 19.0 Å². The fraction of sp³-hybridized carbons (Fsp3) is 0.130. The molecule has 0 aromatic heterocycles. The molecule has 3 rings (SSSR count). The second-order valence-corrected chi connectivity index (χ2v) is 8.04. The number of carbonyl (C=O) groups excluding carboxylic acids is 1. The van der Waals surface area contributed by atoms with Gasteiger partial charge in [-0.25, -0.2) is 5.43 Å². The second kappa shape index (κ2) is 11.0. The molecule has 0 aliphatic rings. The molecule has 0 heterocycles. The predicted octanol–water partition coefficient (Wildman–Crippen LogP) is 5.42. The molecule has 1 N–H and O–H groups in total. The highest BCUT2D eigenvalue weighted by Gasteiger charge is 2.10. The standard InChI is InChI=1S/C23H20Br2N2O4/c1-29-21-11-15(10-19(25)23(21)30-2)13-26-27-22(28)14-31-20-9-8-17(12-18(20)24)16-6-4-3-5-7-16/h3-13H,14H2,1-2H3,(H,27,28)/b26-13+. The monoisotopic (exact) mass is 546 g/mol. The van der Waals surface area contributed by atoms with Gasteiger partial charge in [-0.3, -0.25) is 4.79 Å². The van der Waals surface area contributed by atoms with Gasteiger partial charge in [0.2, 0.25) is 0 Å². The molecule has 0 aliphatic heterocycles. The van der Waals surface area contributed by atoms with Gasteiger partial charge in [0.15, 0.2) is 18.1 Å². The maximum absolute atomic E-state index is 12.1. The molecule has 3 aromatic rings. The van der Waals surface area contributed by atoms with Gasteiger partial charge in [0.25, 0.3) is 5.91 Å². The van der Waals surface area contributed by atoms with Gasteiger partial charge in [-0.05, 0) is 72.8 Å². The third-order valence-corrected chi connectivity index (χ3v) is 5.47. The van der Waals surface area contributed by atoms with Gasteiger partial charge in [0.05, 0.1) is 29.4 Å². The summed E-state index contributed by atoms with van der Waals surface area (Å²) in [7, 11) is 3.11. The average molecular weight is 548 g/mol. The molecule has 0 atom stereocenters. The van der Waals surface area contributed by atoms with Crippen molar-refractivity contribution in [1.29, 1.82) is 0 Å². The summed E-state index contributed by atoms with van der Waals surface area (Å²) in [5, 5.41) is 3.97. The zero-order valence-electron chi connectivity index (χ0n) is 16.9. The van der Waals surface area contributed by atoms with E-state index in [9.17, 15) is 4.79 Å². The summed E-state index contributed by atoms with van der Waals surface area (Å²) in [5.74, 6) is 1.33. The largest absolute Gasteiger partial charge is 0.493 e. The Labute approximate surface area is 197 Å². The Kier molecular flexibility index (Phi) is 8.08. The summed E-state index contributed by atoms with van der Waals surface area (Å²) in [5.41, 5.74) is 5.32. The molecular weight excluding hydrogens is 528 g/mol. The Balaban J connectivity index is 1.56. The van der Waals surface area contributed by atoms with Crippen LogP contribution in [0.25, 0.3) is 11.1 Å². The second-order valence-electron chi connectivity index (χ2n) is 6.33. The van der Waals surface area contributed by atoms with Crippen LogP contribution >= 0.6 is 31.9 Å². The number of nitrogens with one attached hydrogen (secondary N) is 1. The van der Waals surface area contributed by atoms with E-state index in [1.165, 1.54) is 6.21 Å². The van der Waals surface area contributed by atoms with Gasteiger partial charge >= 0.3 is 0 Å². The van der Waals surface area contributed by atoms with Crippen molar-refractivity contribution in [3.63, 3.8) is 0 Å². The number of methoxy groups -OCH3 is 2. The number of rotatable bonds is 8. The van der Waals surface area contributed by atoms with Crippen LogP contribution in [-0.2, 0) is 4.79 Å². The molecule has 8 heteroatoms. The van der Waals surface area contributed by atoms with E-state index in [1.54, 1.807) is 26.4 Å². The molecule has 0 aliphatic carbocycles. The lowest BCUT2D eigenvalue weighted by atomic mass is 10.1. The SMILES string of the molecule is COc1cc(/C=N/NC(=O)COc2ccc(-c3ccccc3)cc2Br)cc(Br)c1OC.